The Balaban J connectivity index is 2.73. The standard InChI is InChI=1S/C16H21ClN2O4/c1-10(2)8-13(16(22)23-9-14(20)18-3)19-15(21)11-4-6-12(17)7-5-11/h4-7,10,13H,8-9H2,1-3H3,(H,18,20)(H,19,21)/t13-/m0/s1. The third-order valence-electron chi connectivity index (χ3n) is 3.03. The number of rotatable bonds is 7. The average molecular weight is 341 g/mol. The minimum absolute atomic E-state index is 0.165. The maximum absolute atomic E-state index is 12.2. The highest BCUT2D eigenvalue weighted by atomic mass is 35.5. The van der Waals surface area contributed by atoms with Gasteiger partial charge in [0.25, 0.3) is 11.8 Å². The van der Waals surface area contributed by atoms with Crippen LogP contribution in [-0.2, 0) is 14.3 Å². The predicted octanol–water partition coefficient (Wildman–Crippen LogP) is 1.77. The molecule has 6 nitrogen and oxygen atoms in total. The van der Waals surface area contributed by atoms with Gasteiger partial charge < -0.3 is 15.4 Å². The lowest BCUT2D eigenvalue weighted by Crippen LogP contribution is -2.43. The van der Waals surface area contributed by atoms with Crippen LogP contribution < -0.4 is 10.6 Å². The van der Waals surface area contributed by atoms with Crippen LogP contribution >= 0.6 is 11.6 Å². The van der Waals surface area contributed by atoms with E-state index in [0.29, 0.717) is 17.0 Å². The Morgan fingerprint density at radius 2 is 1.78 bits per heavy atom. The molecule has 0 saturated heterocycles. The summed E-state index contributed by atoms with van der Waals surface area (Å²) in [6.07, 6.45) is 0.409. The number of halogens is 1. The van der Waals surface area contributed by atoms with Crippen molar-refractivity contribution >= 4 is 29.4 Å². The first-order chi connectivity index (χ1) is 10.8. The van der Waals surface area contributed by atoms with E-state index in [9.17, 15) is 14.4 Å². The van der Waals surface area contributed by atoms with E-state index < -0.39 is 23.8 Å². The fraction of sp³-hybridized carbons (Fsp3) is 0.438. The first-order valence-electron chi connectivity index (χ1n) is 7.27. The SMILES string of the molecule is CNC(=O)COC(=O)[C@H](CC(C)C)NC(=O)c1ccc(Cl)cc1. The lowest BCUT2D eigenvalue weighted by molar-refractivity contribution is -0.150. The van der Waals surface area contributed by atoms with Gasteiger partial charge in [-0.1, -0.05) is 25.4 Å². The van der Waals surface area contributed by atoms with Crippen molar-refractivity contribution in [3.63, 3.8) is 0 Å². The molecule has 126 valence electrons. The molecule has 0 aromatic heterocycles. The van der Waals surface area contributed by atoms with E-state index >= 15 is 0 Å². The predicted molar refractivity (Wildman–Crippen MR) is 87.2 cm³/mol. The Kier molecular flexibility index (Phi) is 7.54. The topological polar surface area (TPSA) is 84.5 Å². The summed E-state index contributed by atoms with van der Waals surface area (Å²) >= 11 is 5.78. The summed E-state index contributed by atoms with van der Waals surface area (Å²) in [4.78, 5) is 35.4. The highest BCUT2D eigenvalue weighted by Crippen LogP contribution is 2.11. The van der Waals surface area contributed by atoms with E-state index in [1.807, 2.05) is 13.8 Å². The van der Waals surface area contributed by atoms with E-state index in [1.54, 1.807) is 24.3 Å². The van der Waals surface area contributed by atoms with Crippen molar-refractivity contribution in [3.8, 4) is 0 Å². The third kappa shape index (κ3) is 6.69. The van der Waals surface area contributed by atoms with E-state index in [2.05, 4.69) is 10.6 Å². The fourth-order valence-electron chi connectivity index (χ4n) is 1.84. The number of benzene rings is 1. The summed E-state index contributed by atoms with van der Waals surface area (Å²) in [5.74, 6) is -1.28. The monoisotopic (exact) mass is 340 g/mol. The second-order valence-corrected chi connectivity index (χ2v) is 5.88. The second kappa shape index (κ2) is 9.15. The zero-order valence-electron chi connectivity index (χ0n) is 13.4. The molecule has 23 heavy (non-hydrogen) atoms. The average Bonchev–Trinajstić information content (AvgIpc) is 2.51. The second-order valence-electron chi connectivity index (χ2n) is 5.44. The van der Waals surface area contributed by atoms with Crippen LogP contribution in [0.2, 0.25) is 5.02 Å². The highest BCUT2D eigenvalue weighted by molar-refractivity contribution is 6.30. The van der Waals surface area contributed by atoms with Gasteiger partial charge in [0.2, 0.25) is 0 Å². The van der Waals surface area contributed by atoms with Gasteiger partial charge in [0.15, 0.2) is 6.61 Å². The number of nitrogens with one attached hydrogen (secondary N) is 2. The molecule has 7 heteroatoms. The number of amides is 2. The number of likely N-dealkylation sites (N-methyl/N-ethyl adjacent to an activating group) is 1. The lowest BCUT2D eigenvalue weighted by Gasteiger charge is -2.19. The fourth-order valence-corrected chi connectivity index (χ4v) is 1.96. The molecule has 0 heterocycles. The molecule has 0 spiro atoms. The van der Waals surface area contributed by atoms with Gasteiger partial charge in [0.1, 0.15) is 6.04 Å². The number of carbonyl (C=O) groups is 3. The zero-order valence-corrected chi connectivity index (χ0v) is 14.1. The molecule has 2 amide bonds. The Morgan fingerprint density at radius 1 is 1.17 bits per heavy atom. The van der Waals surface area contributed by atoms with Gasteiger partial charge in [0.05, 0.1) is 0 Å². The number of hydrogen-bond donors (Lipinski definition) is 2. The molecule has 1 aromatic carbocycles. The molecule has 1 aromatic rings. The molecule has 0 unspecified atom stereocenters. The van der Waals surface area contributed by atoms with Crippen molar-refractivity contribution < 1.29 is 19.1 Å². The molecule has 0 fully saturated rings. The van der Waals surface area contributed by atoms with Crippen molar-refractivity contribution in [2.45, 2.75) is 26.3 Å². The van der Waals surface area contributed by atoms with Gasteiger partial charge in [-0.25, -0.2) is 4.79 Å². The van der Waals surface area contributed by atoms with Gasteiger partial charge in [-0.2, -0.15) is 0 Å². The molecular weight excluding hydrogens is 320 g/mol. The van der Waals surface area contributed by atoms with Crippen molar-refractivity contribution in [2.24, 2.45) is 5.92 Å². The Morgan fingerprint density at radius 3 is 2.30 bits per heavy atom. The quantitative estimate of drug-likeness (QED) is 0.741. The van der Waals surface area contributed by atoms with E-state index in [-0.39, 0.29) is 12.5 Å². The van der Waals surface area contributed by atoms with Crippen LogP contribution in [0, 0.1) is 5.92 Å². The smallest absolute Gasteiger partial charge is 0.329 e. The number of esters is 1. The van der Waals surface area contributed by atoms with E-state index in [1.165, 1.54) is 7.05 Å². The molecule has 0 aliphatic heterocycles. The van der Waals surface area contributed by atoms with Gasteiger partial charge in [0, 0.05) is 17.6 Å². The maximum atomic E-state index is 12.2. The van der Waals surface area contributed by atoms with Gasteiger partial charge >= 0.3 is 5.97 Å². The van der Waals surface area contributed by atoms with Crippen LogP contribution in [0.4, 0.5) is 0 Å². The first-order valence-corrected chi connectivity index (χ1v) is 7.65. The molecule has 0 bridgehead atoms. The van der Waals surface area contributed by atoms with Crippen LogP contribution in [0.3, 0.4) is 0 Å². The molecule has 1 atom stereocenters. The van der Waals surface area contributed by atoms with Crippen LogP contribution in [0.15, 0.2) is 24.3 Å². The third-order valence-corrected chi connectivity index (χ3v) is 3.28. The molecule has 0 radical (unpaired) electrons. The minimum Gasteiger partial charge on any atom is -0.454 e. The number of carbonyl (C=O) groups excluding carboxylic acids is 3. The molecular formula is C16H21ClN2O4. The van der Waals surface area contributed by atoms with Gasteiger partial charge in [-0.3, -0.25) is 9.59 Å². The summed E-state index contributed by atoms with van der Waals surface area (Å²) < 4.78 is 4.93. The van der Waals surface area contributed by atoms with E-state index in [0.717, 1.165) is 0 Å². The summed E-state index contributed by atoms with van der Waals surface area (Å²) in [7, 11) is 1.45. The van der Waals surface area contributed by atoms with Crippen LogP contribution in [-0.4, -0.2) is 37.5 Å². The first kappa shape index (κ1) is 19.0. The molecule has 1 rings (SSSR count). The van der Waals surface area contributed by atoms with Crippen molar-refractivity contribution in [1.82, 2.24) is 10.6 Å². The lowest BCUT2D eigenvalue weighted by atomic mass is 10.0. The minimum atomic E-state index is -0.817. The van der Waals surface area contributed by atoms with Crippen LogP contribution in [0.25, 0.3) is 0 Å². The maximum Gasteiger partial charge on any atom is 0.329 e. The van der Waals surface area contributed by atoms with Crippen LogP contribution in [0.1, 0.15) is 30.6 Å². The van der Waals surface area contributed by atoms with Crippen molar-refractivity contribution in [3.05, 3.63) is 34.9 Å². The normalized spacial score (nSPS) is 11.7. The molecule has 2 N–H and O–H groups in total. The molecule has 0 saturated carbocycles. The summed E-state index contributed by atoms with van der Waals surface area (Å²) in [5, 5.41) is 5.51. The van der Waals surface area contributed by atoms with Crippen molar-refractivity contribution in [2.75, 3.05) is 13.7 Å². The molecule has 0 aliphatic rings. The summed E-state index contributed by atoms with van der Waals surface area (Å²) in [6.45, 7) is 3.47. The number of hydrogen-bond acceptors (Lipinski definition) is 4. The number of ether oxygens (including phenoxy) is 1. The Bertz CT molecular complexity index is 558. The molecule has 0 aliphatic carbocycles. The largest absolute Gasteiger partial charge is 0.454 e. The Hall–Kier alpha value is -2.08. The van der Waals surface area contributed by atoms with Crippen molar-refractivity contribution in [1.29, 1.82) is 0 Å². The van der Waals surface area contributed by atoms with Gasteiger partial charge in [-0.05, 0) is 36.6 Å². The Labute approximate surface area is 140 Å². The summed E-state index contributed by atoms with van der Waals surface area (Å²) in [6, 6.07) is 5.51. The highest BCUT2D eigenvalue weighted by Gasteiger charge is 2.24. The zero-order chi connectivity index (χ0) is 17.4. The summed E-state index contributed by atoms with van der Waals surface area (Å²) in [5.41, 5.74) is 0.391. The van der Waals surface area contributed by atoms with Crippen LogP contribution in [0.5, 0.6) is 0 Å². The van der Waals surface area contributed by atoms with E-state index in [4.69, 9.17) is 16.3 Å². The van der Waals surface area contributed by atoms with Gasteiger partial charge in [-0.15, -0.1) is 0 Å².